The molecule has 7 heteroatoms. The normalized spacial score (nSPS) is 10.4. The molecule has 4 nitrogen and oxygen atoms in total. The van der Waals surface area contributed by atoms with Gasteiger partial charge in [0.25, 0.3) is 0 Å². The molecule has 0 aliphatic rings. The first-order valence-electron chi connectivity index (χ1n) is 5.86. The van der Waals surface area contributed by atoms with Gasteiger partial charge in [0.1, 0.15) is 0 Å². The molecule has 1 aromatic heterocycles. The SMILES string of the molecule is CCOC(=O)c1csc(Nc2c(Br)cc(C)cc2Br)n1. The van der Waals surface area contributed by atoms with Crippen molar-refractivity contribution in [3.8, 4) is 0 Å². The van der Waals surface area contributed by atoms with E-state index in [2.05, 4.69) is 42.2 Å². The number of hydrogen-bond acceptors (Lipinski definition) is 5. The lowest BCUT2D eigenvalue weighted by Crippen LogP contribution is -2.05. The summed E-state index contributed by atoms with van der Waals surface area (Å²) in [5.41, 5.74) is 2.33. The average Bonchev–Trinajstić information content (AvgIpc) is 2.82. The number of aromatic nitrogens is 1. The second-order valence-corrected chi connectivity index (χ2v) is 6.55. The van der Waals surface area contributed by atoms with Crippen LogP contribution in [0.5, 0.6) is 0 Å². The third-order valence-corrected chi connectivity index (χ3v) is 4.42. The summed E-state index contributed by atoms with van der Waals surface area (Å²) < 4.78 is 6.77. The fraction of sp³-hybridized carbons (Fsp3) is 0.231. The maximum absolute atomic E-state index is 11.6. The Morgan fingerprint density at radius 3 is 2.65 bits per heavy atom. The molecule has 20 heavy (non-hydrogen) atoms. The van der Waals surface area contributed by atoms with E-state index < -0.39 is 5.97 Å². The van der Waals surface area contributed by atoms with Crippen LogP contribution in [0, 0.1) is 6.92 Å². The summed E-state index contributed by atoms with van der Waals surface area (Å²) in [5, 5.41) is 5.51. The second-order valence-electron chi connectivity index (χ2n) is 3.99. The molecular weight excluding hydrogens is 408 g/mol. The Morgan fingerprint density at radius 2 is 2.05 bits per heavy atom. The van der Waals surface area contributed by atoms with Gasteiger partial charge in [0.05, 0.1) is 12.3 Å². The lowest BCUT2D eigenvalue weighted by molar-refractivity contribution is 0.0520. The molecule has 2 rings (SSSR count). The van der Waals surface area contributed by atoms with Crippen molar-refractivity contribution < 1.29 is 9.53 Å². The van der Waals surface area contributed by atoms with E-state index in [0.29, 0.717) is 17.4 Å². The van der Waals surface area contributed by atoms with Gasteiger partial charge in [0.15, 0.2) is 10.8 Å². The molecule has 0 saturated carbocycles. The third-order valence-electron chi connectivity index (χ3n) is 2.41. The maximum atomic E-state index is 11.6. The fourth-order valence-corrected chi connectivity index (χ4v) is 3.85. The molecule has 0 aliphatic carbocycles. The van der Waals surface area contributed by atoms with Crippen LogP contribution in [-0.2, 0) is 4.74 Å². The van der Waals surface area contributed by atoms with Crippen LogP contribution >= 0.6 is 43.2 Å². The molecule has 1 aromatic carbocycles. The van der Waals surface area contributed by atoms with Gasteiger partial charge in [0.2, 0.25) is 0 Å². The third kappa shape index (κ3) is 3.59. The van der Waals surface area contributed by atoms with Gasteiger partial charge in [-0.05, 0) is 63.4 Å². The molecule has 2 aromatic rings. The summed E-state index contributed by atoms with van der Waals surface area (Å²) in [6.45, 7) is 4.12. The summed E-state index contributed by atoms with van der Waals surface area (Å²) in [6, 6.07) is 4.01. The highest BCUT2D eigenvalue weighted by Crippen LogP contribution is 2.35. The Bertz CT molecular complexity index is 620. The Kier molecular flexibility index (Phi) is 5.17. The molecule has 0 atom stereocenters. The molecule has 1 heterocycles. The van der Waals surface area contributed by atoms with Gasteiger partial charge < -0.3 is 10.1 Å². The Hall–Kier alpha value is -0.920. The van der Waals surface area contributed by atoms with Crippen LogP contribution in [0.4, 0.5) is 10.8 Å². The van der Waals surface area contributed by atoms with Gasteiger partial charge in [-0.25, -0.2) is 9.78 Å². The van der Waals surface area contributed by atoms with Crippen molar-refractivity contribution in [2.24, 2.45) is 0 Å². The van der Waals surface area contributed by atoms with E-state index in [1.165, 1.54) is 11.3 Å². The van der Waals surface area contributed by atoms with Gasteiger partial charge in [-0.3, -0.25) is 0 Å². The van der Waals surface area contributed by atoms with Crippen molar-refractivity contribution in [2.75, 3.05) is 11.9 Å². The van der Waals surface area contributed by atoms with E-state index >= 15 is 0 Å². The lowest BCUT2D eigenvalue weighted by Gasteiger charge is -2.09. The number of hydrogen-bond donors (Lipinski definition) is 1. The summed E-state index contributed by atoms with van der Waals surface area (Å²) in [7, 11) is 0. The number of anilines is 2. The van der Waals surface area contributed by atoms with Gasteiger partial charge in [-0.15, -0.1) is 11.3 Å². The molecule has 0 fully saturated rings. The summed E-state index contributed by atoms with van der Waals surface area (Å²) in [6.07, 6.45) is 0. The van der Waals surface area contributed by atoms with Crippen molar-refractivity contribution in [2.45, 2.75) is 13.8 Å². The number of carbonyl (C=O) groups excluding carboxylic acids is 1. The highest BCUT2D eigenvalue weighted by atomic mass is 79.9. The quantitative estimate of drug-likeness (QED) is 0.716. The number of nitrogens with one attached hydrogen (secondary N) is 1. The number of ether oxygens (including phenoxy) is 1. The molecular formula is C13H12Br2N2O2S. The first kappa shape index (κ1) is 15.5. The molecule has 0 bridgehead atoms. The molecule has 0 saturated heterocycles. The molecule has 0 amide bonds. The molecule has 0 spiro atoms. The van der Waals surface area contributed by atoms with Crippen molar-refractivity contribution in [3.63, 3.8) is 0 Å². The number of halogens is 2. The van der Waals surface area contributed by atoms with Crippen LogP contribution < -0.4 is 5.32 Å². The van der Waals surface area contributed by atoms with E-state index in [9.17, 15) is 4.79 Å². The van der Waals surface area contributed by atoms with Crippen LogP contribution in [0.1, 0.15) is 23.0 Å². The van der Waals surface area contributed by atoms with Crippen LogP contribution in [0.25, 0.3) is 0 Å². The Labute approximate surface area is 137 Å². The van der Waals surface area contributed by atoms with Crippen LogP contribution in [0.3, 0.4) is 0 Å². The molecule has 1 N–H and O–H groups in total. The molecule has 0 aliphatic heterocycles. The van der Waals surface area contributed by atoms with E-state index in [1.54, 1.807) is 12.3 Å². The van der Waals surface area contributed by atoms with Crippen molar-refractivity contribution in [1.29, 1.82) is 0 Å². The fourth-order valence-electron chi connectivity index (χ4n) is 1.56. The monoisotopic (exact) mass is 418 g/mol. The van der Waals surface area contributed by atoms with Gasteiger partial charge >= 0.3 is 5.97 Å². The highest BCUT2D eigenvalue weighted by molar-refractivity contribution is 9.11. The largest absolute Gasteiger partial charge is 0.461 e. The zero-order chi connectivity index (χ0) is 14.7. The minimum Gasteiger partial charge on any atom is -0.461 e. The minimum absolute atomic E-state index is 0.318. The molecule has 0 radical (unpaired) electrons. The highest BCUT2D eigenvalue weighted by Gasteiger charge is 2.13. The van der Waals surface area contributed by atoms with Gasteiger partial charge in [-0.2, -0.15) is 0 Å². The summed E-state index contributed by atoms with van der Waals surface area (Å²) in [4.78, 5) is 15.8. The number of nitrogens with zero attached hydrogens (tertiary/aromatic N) is 1. The zero-order valence-corrected chi connectivity index (χ0v) is 14.9. The lowest BCUT2D eigenvalue weighted by atomic mass is 10.2. The smallest absolute Gasteiger partial charge is 0.357 e. The van der Waals surface area contributed by atoms with Crippen LogP contribution in [0.15, 0.2) is 26.5 Å². The predicted molar refractivity (Wildman–Crippen MR) is 87.9 cm³/mol. The Morgan fingerprint density at radius 1 is 1.40 bits per heavy atom. The van der Waals surface area contributed by atoms with E-state index in [-0.39, 0.29) is 0 Å². The first-order valence-corrected chi connectivity index (χ1v) is 8.33. The summed E-state index contributed by atoms with van der Waals surface area (Å²) in [5.74, 6) is -0.404. The number of benzene rings is 1. The van der Waals surface area contributed by atoms with Crippen molar-refractivity contribution in [1.82, 2.24) is 4.98 Å². The van der Waals surface area contributed by atoms with Crippen molar-refractivity contribution in [3.05, 3.63) is 37.7 Å². The molecule has 0 unspecified atom stereocenters. The van der Waals surface area contributed by atoms with Gasteiger partial charge in [-0.1, -0.05) is 0 Å². The standard InChI is InChI=1S/C13H12Br2N2O2S/c1-3-19-12(18)10-6-20-13(16-10)17-11-8(14)4-7(2)5-9(11)15/h4-6H,3H2,1-2H3,(H,16,17). The van der Waals surface area contributed by atoms with Gasteiger partial charge in [0, 0.05) is 14.3 Å². The minimum atomic E-state index is -0.404. The first-order chi connectivity index (χ1) is 9.51. The van der Waals surface area contributed by atoms with Crippen LogP contribution in [-0.4, -0.2) is 17.6 Å². The number of rotatable bonds is 4. The zero-order valence-electron chi connectivity index (χ0n) is 10.9. The van der Waals surface area contributed by atoms with E-state index in [1.807, 2.05) is 19.1 Å². The summed E-state index contributed by atoms with van der Waals surface area (Å²) >= 11 is 8.37. The number of aryl methyl sites for hydroxylation is 1. The average molecular weight is 420 g/mol. The van der Waals surface area contributed by atoms with Crippen molar-refractivity contribution >= 4 is 60.0 Å². The topological polar surface area (TPSA) is 51.2 Å². The van der Waals surface area contributed by atoms with E-state index in [0.717, 1.165) is 20.2 Å². The number of carbonyl (C=O) groups is 1. The second kappa shape index (κ2) is 6.69. The van der Waals surface area contributed by atoms with E-state index in [4.69, 9.17) is 4.74 Å². The number of esters is 1. The predicted octanol–water partition coefficient (Wildman–Crippen LogP) is 4.90. The molecule has 106 valence electrons. The number of thiazole rings is 1. The van der Waals surface area contributed by atoms with Crippen LogP contribution in [0.2, 0.25) is 0 Å². The Balaban J connectivity index is 2.21. The maximum Gasteiger partial charge on any atom is 0.357 e.